The molecular weight excluding hydrogens is 310 g/mol. The minimum absolute atomic E-state index is 0.161. The van der Waals surface area contributed by atoms with Crippen molar-refractivity contribution < 1.29 is 4.79 Å². The Hall–Kier alpha value is -3.14. The molecule has 25 heavy (non-hydrogen) atoms. The van der Waals surface area contributed by atoms with Crippen LogP contribution in [0.5, 0.6) is 0 Å². The smallest absolute Gasteiger partial charge is 0.243 e. The Balaban J connectivity index is 1.79. The summed E-state index contributed by atoms with van der Waals surface area (Å²) in [5, 5.41) is 2.81. The van der Waals surface area contributed by atoms with Crippen LogP contribution in [0.4, 0.5) is 0 Å². The molecular formula is C21H21N3O. The topological polar surface area (TPSA) is 46.9 Å². The summed E-state index contributed by atoms with van der Waals surface area (Å²) in [7, 11) is 0. The van der Waals surface area contributed by atoms with E-state index in [0.717, 1.165) is 23.4 Å². The van der Waals surface area contributed by atoms with Crippen molar-refractivity contribution in [3.63, 3.8) is 0 Å². The van der Waals surface area contributed by atoms with Crippen LogP contribution in [-0.2, 0) is 17.8 Å². The summed E-state index contributed by atoms with van der Waals surface area (Å²) in [6, 6.07) is 18.3. The number of carbonyl (C=O) groups excluding carboxylic acids is 1. The number of amides is 1. The average Bonchev–Trinajstić information content (AvgIpc) is 3.00. The van der Waals surface area contributed by atoms with Gasteiger partial charge in [0.2, 0.25) is 5.91 Å². The van der Waals surface area contributed by atoms with Crippen molar-refractivity contribution in [2.75, 3.05) is 6.54 Å². The Morgan fingerprint density at radius 1 is 1.12 bits per heavy atom. The summed E-state index contributed by atoms with van der Waals surface area (Å²) in [5.74, 6) is 0.801. The standard InChI is InChI=1S/C21H21N3O/c1-2-21(25)22-15-14-20-23-18-12-6-7-13-19(18)24(20)16-8-11-17-9-4-3-5-10-17/h2-13H,1,14-16H2,(H,22,25)/b11-8+. The molecule has 0 unspecified atom stereocenters. The second-order valence-electron chi connectivity index (χ2n) is 5.69. The van der Waals surface area contributed by atoms with Crippen molar-refractivity contribution in [2.45, 2.75) is 13.0 Å². The second kappa shape index (κ2) is 8.11. The lowest BCUT2D eigenvalue weighted by Crippen LogP contribution is -2.24. The molecule has 0 atom stereocenters. The summed E-state index contributed by atoms with van der Waals surface area (Å²) in [6.45, 7) is 4.74. The Morgan fingerprint density at radius 2 is 1.88 bits per heavy atom. The van der Waals surface area contributed by atoms with E-state index in [2.05, 4.69) is 46.8 Å². The normalized spacial score (nSPS) is 11.0. The summed E-state index contributed by atoms with van der Waals surface area (Å²) < 4.78 is 2.19. The molecule has 0 aliphatic rings. The van der Waals surface area contributed by atoms with Gasteiger partial charge in [0.15, 0.2) is 0 Å². The highest BCUT2D eigenvalue weighted by atomic mass is 16.1. The fourth-order valence-corrected chi connectivity index (χ4v) is 2.75. The fraction of sp³-hybridized carbons (Fsp3) is 0.143. The summed E-state index contributed by atoms with van der Waals surface area (Å²) >= 11 is 0. The van der Waals surface area contributed by atoms with Crippen molar-refractivity contribution in [2.24, 2.45) is 0 Å². The summed E-state index contributed by atoms with van der Waals surface area (Å²) in [5.41, 5.74) is 3.25. The number of para-hydroxylation sites is 2. The fourth-order valence-electron chi connectivity index (χ4n) is 2.75. The minimum atomic E-state index is -0.161. The molecule has 0 aliphatic carbocycles. The van der Waals surface area contributed by atoms with Crippen LogP contribution in [-0.4, -0.2) is 22.0 Å². The zero-order valence-corrected chi connectivity index (χ0v) is 14.1. The van der Waals surface area contributed by atoms with Gasteiger partial charge in [0, 0.05) is 19.5 Å². The molecule has 0 aliphatic heterocycles. The highest BCUT2D eigenvalue weighted by Gasteiger charge is 2.09. The Kier molecular flexibility index (Phi) is 5.42. The van der Waals surface area contributed by atoms with Gasteiger partial charge in [-0.2, -0.15) is 0 Å². The molecule has 0 spiro atoms. The number of carbonyl (C=O) groups is 1. The van der Waals surface area contributed by atoms with Crippen molar-refractivity contribution in [1.29, 1.82) is 0 Å². The van der Waals surface area contributed by atoms with Crippen molar-refractivity contribution >= 4 is 23.0 Å². The maximum Gasteiger partial charge on any atom is 0.243 e. The molecule has 1 heterocycles. The first-order valence-corrected chi connectivity index (χ1v) is 8.34. The predicted octanol–water partition coefficient (Wildman–Crippen LogP) is 3.59. The van der Waals surface area contributed by atoms with Gasteiger partial charge in [-0.15, -0.1) is 0 Å². The van der Waals surface area contributed by atoms with Crippen LogP contribution in [0.15, 0.2) is 73.3 Å². The molecule has 2 aromatic carbocycles. The van der Waals surface area contributed by atoms with Gasteiger partial charge in [-0.3, -0.25) is 4.79 Å². The molecule has 126 valence electrons. The Labute approximate surface area is 147 Å². The SMILES string of the molecule is C=CC(=O)NCCc1nc2ccccc2n1C/C=C/c1ccccc1. The van der Waals surface area contributed by atoms with E-state index < -0.39 is 0 Å². The molecule has 1 amide bonds. The van der Waals surface area contributed by atoms with Gasteiger partial charge < -0.3 is 9.88 Å². The molecule has 4 heteroatoms. The van der Waals surface area contributed by atoms with Gasteiger partial charge in [0.1, 0.15) is 5.82 Å². The second-order valence-corrected chi connectivity index (χ2v) is 5.69. The van der Waals surface area contributed by atoms with Crippen molar-refractivity contribution in [3.05, 3.63) is 84.7 Å². The quantitative estimate of drug-likeness (QED) is 0.673. The number of hydrogen-bond donors (Lipinski definition) is 1. The van der Waals surface area contributed by atoms with Gasteiger partial charge in [-0.1, -0.05) is 61.2 Å². The first kappa shape index (κ1) is 16.7. The first-order valence-electron chi connectivity index (χ1n) is 8.34. The zero-order valence-electron chi connectivity index (χ0n) is 14.1. The number of hydrogen-bond acceptors (Lipinski definition) is 2. The molecule has 1 aromatic heterocycles. The number of nitrogens with zero attached hydrogens (tertiary/aromatic N) is 2. The van der Waals surface area contributed by atoms with E-state index in [9.17, 15) is 4.79 Å². The van der Waals surface area contributed by atoms with Crippen LogP contribution in [0.25, 0.3) is 17.1 Å². The predicted molar refractivity (Wildman–Crippen MR) is 102 cm³/mol. The third-order valence-corrected chi connectivity index (χ3v) is 3.96. The van der Waals surface area contributed by atoms with Gasteiger partial charge in [-0.05, 0) is 23.8 Å². The van der Waals surface area contributed by atoms with E-state index in [1.807, 2.05) is 36.4 Å². The molecule has 0 bridgehead atoms. The van der Waals surface area contributed by atoms with Gasteiger partial charge in [0.05, 0.1) is 11.0 Å². The molecule has 3 rings (SSSR count). The summed E-state index contributed by atoms with van der Waals surface area (Å²) in [6.07, 6.45) is 6.20. The highest BCUT2D eigenvalue weighted by molar-refractivity contribution is 5.86. The number of nitrogens with one attached hydrogen (secondary N) is 1. The molecule has 4 nitrogen and oxygen atoms in total. The van der Waals surface area contributed by atoms with Crippen LogP contribution in [0, 0.1) is 0 Å². The lowest BCUT2D eigenvalue weighted by molar-refractivity contribution is -0.116. The van der Waals surface area contributed by atoms with E-state index in [1.165, 1.54) is 11.6 Å². The molecule has 1 N–H and O–H groups in total. The minimum Gasteiger partial charge on any atom is -0.352 e. The van der Waals surface area contributed by atoms with Gasteiger partial charge in [0.25, 0.3) is 0 Å². The molecule has 0 radical (unpaired) electrons. The molecule has 0 fully saturated rings. The van der Waals surface area contributed by atoms with E-state index in [0.29, 0.717) is 13.0 Å². The molecule has 0 saturated carbocycles. The van der Waals surface area contributed by atoms with Crippen LogP contribution < -0.4 is 5.32 Å². The molecule has 0 saturated heterocycles. The zero-order chi connectivity index (χ0) is 17.5. The lowest BCUT2D eigenvalue weighted by atomic mass is 10.2. The monoisotopic (exact) mass is 331 g/mol. The maximum atomic E-state index is 11.3. The van der Waals surface area contributed by atoms with Crippen LogP contribution in [0.3, 0.4) is 0 Å². The number of allylic oxidation sites excluding steroid dienone is 1. The maximum absolute atomic E-state index is 11.3. The van der Waals surface area contributed by atoms with E-state index in [4.69, 9.17) is 4.98 Å². The van der Waals surface area contributed by atoms with E-state index in [-0.39, 0.29) is 5.91 Å². The van der Waals surface area contributed by atoms with Crippen LogP contribution in [0.2, 0.25) is 0 Å². The van der Waals surface area contributed by atoms with Crippen LogP contribution >= 0.6 is 0 Å². The number of aromatic nitrogens is 2. The third-order valence-electron chi connectivity index (χ3n) is 3.96. The van der Waals surface area contributed by atoms with E-state index >= 15 is 0 Å². The van der Waals surface area contributed by atoms with E-state index in [1.54, 1.807) is 0 Å². The number of benzene rings is 2. The van der Waals surface area contributed by atoms with Crippen LogP contribution in [0.1, 0.15) is 11.4 Å². The largest absolute Gasteiger partial charge is 0.352 e. The first-order chi connectivity index (χ1) is 12.3. The molecule has 3 aromatic rings. The van der Waals surface area contributed by atoms with Gasteiger partial charge in [-0.25, -0.2) is 4.98 Å². The number of imidazole rings is 1. The number of rotatable bonds is 7. The lowest BCUT2D eigenvalue weighted by Gasteiger charge is -2.07. The Morgan fingerprint density at radius 3 is 2.68 bits per heavy atom. The highest BCUT2D eigenvalue weighted by Crippen LogP contribution is 2.17. The summed E-state index contributed by atoms with van der Waals surface area (Å²) in [4.78, 5) is 16.0. The van der Waals surface area contributed by atoms with Gasteiger partial charge >= 0.3 is 0 Å². The third kappa shape index (κ3) is 4.23. The number of fused-ring (bicyclic) bond motifs is 1. The van der Waals surface area contributed by atoms with Crippen molar-refractivity contribution in [1.82, 2.24) is 14.9 Å². The van der Waals surface area contributed by atoms with Crippen molar-refractivity contribution in [3.8, 4) is 0 Å². The Bertz CT molecular complexity index is 894. The average molecular weight is 331 g/mol.